The zero-order chi connectivity index (χ0) is 15.3. The molecule has 0 aliphatic heterocycles. The molecule has 0 fully saturated rings. The van der Waals surface area contributed by atoms with E-state index in [1.54, 1.807) is 0 Å². The van der Waals surface area contributed by atoms with E-state index in [4.69, 9.17) is 5.11 Å². The van der Waals surface area contributed by atoms with Crippen LogP contribution < -0.4 is 5.32 Å². The first-order valence-electron chi connectivity index (χ1n) is 5.61. The molecule has 0 radical (unpaired) electrons. The lowest BCUT2D eigenvalue weighted by molar-refractivity contribution is -0.138. The maximum atomic E-state index is 12.6. The Morgan fingerprint density at radius 2 is 2.10 bits per heavy atom. The molecule has 0 bridgehead atoms. The molecule has 5 nitrogen and oxygen atoms in total. The molecule has 0 saturated heterocycles. The second kappa shape index (κ2) is 6.58. The van der Waals surface area contributed by atoms with Gasteiger partial charge in [0, 0.05) is 19.3 Å². The number of halogens is 3. The SMILES string of the molecule is COCC(O)CNc1ccc(C(F)(F)F)c(C(=O)O)c1. The summed E-state index contributed by atoms with van der Waals surface area (Å²) in [5, 5.41) is 20.8. The smallest absolute Gasteiger partial charge is 0.417 e. The molecule has 0 saturated carbocycles. The van der Waals surface area contributed by atoms with Crippen LogP contribution in [0.5, 0.6) is 0 Å². The van der Waals surface area contributed by atoms with Crippen LogP contribution in [-0.4, -0.2) is 42.5 Å². The number of rotatable bonds is 6. The molecule has 0 aliphatic carbocycles. The molecule has 3 N–H and O–H groups in total. The zero-order valence-electron chi connectivity index (χ0n) is 10.6. The molecular weight excluding hydrogens is 279 g/mol. The van der Waals surface area contributed by atoms with Crippen LogP contribution in [0.1, 0.15) is 15.9 Å². The van der Waals surface area contributed by atoms with E-state index in [2.05, 4.69) is 10.1 Å². The monoisotopic (exact) mass is 293 g/mol. The van der Waals surface area contributed by atoms with Crippen molar-refractivity contribution in [3.63, 3.8) is 0 Å². The third-order valence-electron chi connectivity index (χ3n) is 2.46. The van der Waals surface area contributed by atoms with E-state index in [0.717, 1.165) is 12.1 Å². The highest BCUT2D eigenvalue weighted by Gasteiger charge is 2.35. The highest BCUT2D eigenvalue weighted by atomic mass is 19.4. The van der Waals surface area contributed by atoms with Crippen molar-refractivity contribution in [1.29, 1.82) is 0 Å². The third-order valence-corrected chi connectivity index (χ3v) is 2.46. The van der Waals surface area contributed by atoms with Crippen LogP contribution in [0.15, 0.2) is 18.2 Å². The first-order valence-corrected chi connectivity index (χ1v) is 5.61. The van der Waals surface area contributed by atoms with Crippen LogP contribution in [0.25, 0.3) is 0 Å². The van der Waals surface area contributed by atoms with Crippen molar-refractivity contribution in [3.8, 4) is 0 Å². The molecule has 1 aromatic carbocycles. The number of methoxy groups -OCH3 is 1. The van der Waals surface area contributed by atoms with Gasteiger partial charge in [-0.05, 0) is 18.2 Å². The Labute approximate surface area is 113 Å². The molecule has 0 aromatic heterocycles. The molecule has 112 valence electrons. The summed E-state index contributed by atoms with van der Waals surface area (Å²) in [6.45, 7) is 0.0810. The molecule has 8 heteroatoms. The van der Waals surface area contributed by atoms with E-state index in [0.29, 0.717) is 6.07 Å². The van der Waals surface area contributed by atoms with Crippen LogP contribution in [0.4, 0.5) is 18.9 Å². The molecule has 0 aliphatic rings. The molecule has 1 unspecified atom stereocenters. The lowest BCUT2D eigenvalue weighted by atomic mass is 10.1. The predicted molar refractivity (Wildman–Crippen MR) is 64.8 cm³/mol. The Hall–Kier alpha value is -1.80. The van der Waals surface area contributed by atoms with Gasteiger partial charge in [0.15, 0.2) is 0 Å². The second-order valence-electron chi connectivity index (χ2n) is 4.05. The number of aromatic carboxylic acids is 1. The number of ether oxygens (including phenoxy) is 1. The fourth-order valence-electron chi connectivity index (χ4n) is 1.57. The highest BCUT2D eigenvalue weighted by Crippen LogP contribution is 2.33. The molecular formula is C12H14F3NO4. The maximum Gasteiger partial charge on any atom is 0.417 e. The van der Waals surface area contributed by atoms with Gasteiger partial charge in [-0.3, -0.25) is 0 Å². The van der Waals surface area contributed by atoms with Gasteiger partial charge in [0.1, 0.15) is 0 Å². The number of hydrogen-bond donors (Lipinski definition) is 3. The molecule has 1 rings (SSSR count). The summed E-state index contributed by atoms with van der Waals surface area (Å²) >= 11 is 0. The predicted octanol–water partition coefficient (Wildman–Crippen LogP) is 1.82. The van der Waals surface area contributed by atoms with Crippen molar-refractivity contribution in [2.24, 2.45) is 0 Å². The normalized spacial score (nSPS) is 13.1. The van der Waals surface area contributed by atoms with Crippen LogP contribution >= 0.6 is 0 Å². The first kappa shape index (κ1) is 16.3. The van der Waals surface area contributed by atoms with Gasteiger partial charge in [-0.1, -0.05) is 0 Å². The van der Waals surface area contributed by atoms with Gasteiger partial charge in [0.05, 0.1) is 23.8 Å². The average Bonchev–Trinajstić information content (AvgIpc) is 2.35. The number of carboxylic acid groups (broad SMARTS) is 1. The number of benzene rings is 1. The number of aliphatic hydroxyl groups excluding tert-OH is 1. The Kier molecular flexibility index (Phi) is 5.34. The molecule has 0 spiro atoms. The highest BCUT2D eigenvalue weighted by molar-refractivity contribution is 5.91. The first-order chi connectivity index (χ1) is 9.25. The Morgan fingerprint density at radius 3 is 2.60 bits per heavy atom. The van der Waals surface area contributed by atoms with Crippen LogP contribution in [0, 0.1) is 0 Å². The van der Waals surface area contributed by atoms with Crippen molar-refractivity contribution >= 4 is 11.7 Å². The second-order valence-corrected chi connectivity index (χ2v) is 4.05. The Bertz CT molecular complexity index is 476. The van der Waals surface area contributed by atoms with Gasteiger partial charge in [0.25, 0.3) is 0 Å². The van der Waals surface area contributed by atoms with E-state index in [-0.39, 0.29) is 18.8 Å². The Morgan fingerprint density at radius 1 is 1.45 bits per heavy atom. The van der Waals surface area contributed by atoms with Crippen LogP contribution in [-0.2, 0) is 10.9 Å². The van der Waals surface area contributed by atoms with Gasteiger partial charge in [-0.15, -0.1) is 0 Å². The average molecular weight is 293 g/mol. The van der Waals surface area contributed by atoms with E-state index in [1.807, 2.05) is 0 Å². The van der Waals surface area contributed by atoms with Crippen LogP contribution in [0.2, 0.25) is 0 Å². The lowest BCUT2D eigenvalue weighted by Gasteiger charge is -2.14. The van der Waals surface area contributed by atoms with Gasteiger partial charge < -0.3 is 20.3 Å². The lowest BCUT2D eigenvalue weighted by Crippen LogP contribution is -2.24. The third kappa shape index (κ3) is 4.39. The zero-order valence-corrected chi connectivity index (χ0v) is 10.6. The van der Waals surface area contributed by atoms with Crippen molar-refractivity contribution in [3.05, 3.63) is 29.3 Å². The molecule has 0 amide bonds. The number of carbonyl (C=O) groups is 1. The summed E-state index contributed by atoms with van der Waals surface area (Å²) in [5.41, 5.74) is -1.89. The van der Waals surface area contributed by atoms with Crippen molar-refractivity contribution in [2.75, 3.05) is 25.6 Å². The molecule has 0 heterocycles. The van der Waals surface area contributed by atoms with Gasteiger partial charge in [0.2, 0.25) is 0 Å². The Balaban J connectivity index is 2.91. The number of anilines is 1. The summed E-state index contributed by atoms with van der Waals surface area (Å²) in [6.07, 6.45) is -5.59. The number of nitrogens with one attached hydrogen (secondary N) is 1. The largest absolute Gasteiger partial charge is 0.478 e. The standard InChI is InChI=1S/C12H14F3NO4/c1-20-6-8(17)5-16-7-2-3-10(12(13,14)15)9(4-7)11(18)19/h2-4,8,16-17H,5-6H2,1H3,(H,18,19). The fraction of sp³-hybridized carbons (Fsp3) is 0.417. The fourth-order valence-corrected chi connectivity index (χ4v) is 1.57. The van der Waals surface area contributed by atoms with Gasteiger partial charge in [-0.25, -0.2) is 4.79 Å². The van der Waals surface area contributed by atoms with Crippen molar-refractivity contribution < 1.29 is 32.9 Å². The van der Waals surface area contributed by atoms with E-state index in [1.165, 1.54) is 7.11 Å². The quantitative estimate of drug-likeness (QED) is 0.745. The van der Waals surface area contributed by atoms with Crippen LogP contribution in [0.3, 0.4) is 0 Å². The number of alkyl halides is 3. The summed E-state index contributed by atoms with van der Waals surface area (Å²) in [5.74, 6) is -1.67. The van der Waals surface area contributed by atoms with E-state index < -0.39 is 29.4 Å². The maximum absolute atomic E-state index is 12.6. The number of aliphatic hydroxyl groups is 1. The summed E-state index contributed by atoms with van der Waals surface area (Å²) in [7, 11) is 1.39. The van der Waals surface area contributed by atoms with Crippen molar-refractivity contribution in [1.82, 2.24) is 0 Å². The van der Waals surface area contributed by atoms with Gasteiger partial charge in [-0.2, -0.15) is 13.2 Å². The minimum Gasteiger partial charge on any atom is -0.478 e. The minimum absolute atomic E-state index is 0.0261. The topological polar surface area (TPSA) is 78.8 Å². The molecule has 20 heavy (non-hydrogen) atoms. The molecule has 1 aromatic rings. The van der Waals surface area contributed by atoms with Crippen molar-refractivity contribution in [2.45, 2.75) is 12.3 Å². The summed E-state index contributed by atoms with van der Waals surface area (Å²) < 4.78 is 42.5. The molecule has 1 atom stereocenters. The number of carboxylic acids is 1. The minimum atomic E-state index is -4.73. The summed E-state index contributed by atoms with van der Waals surface area (Å²) in [6, 6.07) is 2.67. The number of hydrogen-bond acceptors (Lipinski definition) is 4. The summed E-state index contributed by atoms with van der Waals surface area (Å²) in [4.78, 5) is 10.9. The van der Waals surface area contributed by atoms with Gasteiger partial charge >= 0.3 is 12.1 Å². The van der Waals surface area contributed by atoms with E-state index in [9.17, 15) is 23.1 Å². The van der Waals surface area contributed by atoms with E-state index >= 15 is 0 Å².